The van der Waals surface area contributed by atoms with E-state index in [-0.39, 0.29) is 6.03 Å². The van der Waals surface area contributed by atoms with Crippen molar-refractivity contribution in [2.45, 2.75) is 6.92 Å². The molecule has 4 nitrogen and oxygen atoms in total. The third-order valence-corrected chi connectivity index (χ3v) is 2.90. The van der Waals surface area contributed by atoms with E-state index < -0.39 is 0 Å². The van der Waals surface area contributed by atoms with Gasteiger partial charge in [0.1, 0.15) is 0 Å². The predicted molar refractivity (Wildman–Crippen MR) is 72.4 cm³/mol. The van der Waals surface area contributed by atoms with Crippen molar-refractivity contribution < 1.29 is 9.53 Å². The minimum absolute atomic E-state index is 0.132. The maximum Gasteiger partial charge on any atom is 0.321 e. The quantitative estimate of drug-likeness (QED) is 0.929. The number of carbonyl (C=O) groups excluding carboxylic acids is 1. The maximum absolute atomic E-state index is 11.8. The number of hydrogen-bond donors (Lipinski definition) is 1. The number of urea groups is 1. The fraction of sp³-hybridized carbons (Fsp3) is 0.417. The molecular formula is C12H17BrN2O2. The van der Waals surface area contributed by atoms with Crippen molar-refractivity contribution in [3.05, 3.63) is 28.2 Å². The number of benzene rings is 1. The molecule has 0 aliphatic carbocycles. The molecule has 0 heterocycles. The minimum atomic E-state index is -0.132. The van der Waals surface area contributed by atoms with E-state index in [2.05, 4.69) is 21.2 Å². The summed E-state index contributed by atoms with van der Waals surface area (Å²) >= 11 is 3.39. The van der Waals surface area contributed by atoms with Gasteiger partial charge in [0, 0.05) is 30.9 Å². The summed E-state index contributed by atoms with van der Waals surface area (Å²) in [7, 11) is 3.35. The lowest BCUT2D eigenvalue weighted by Crippen LogP contribution is -2.34. The van der Waals surface area contributed by atoms with Gasteiger partial charge in [-0.3, -0.25) is 0 Å². The second-order valence-electron chi connectivity index (χ2n) is 3.80. The number of ether oxygens (including phenoxy) is 1. The lowest BCUT2D eigenvalue weighted by atomic mass is 10.2. The van der Waals surface area contributed by atoms with Gasteiger partial charge in [-0.05, 0) is 30.7 Å². The first kappa shape index (κ1) is 14.0. The van der Waals surface area contributed by atoms with Gasteiger partial charge in [0.05, 0.1) is 6.61 Å². The molecule has 2 amide bonds. The van der Waals surface area contributed by atoms with Crippen molar-refractivity contribution >= 4 is 27.6 Å². The average molecular weight is 301 g/mol. The Morgan fingerprint density at radius 1 is 1.53 bits per heavy atom. The van der Waals surface area contributed by atoms with Crippen LogP contribution in [0.25, 0.3) is 0 Å². The highest BCUT2D eigenvalue weighted by Gasteiger charge is 2.09. The molecule has 0 fully saturated rings. The van der Waals surface area contributed by atoms with Gasteiger partial charge in [-0.1, -0.05) is 15.9 Å². The van der Waals surface area contributed by atoms with E-state index in [1.165, 1.54) is 0 Å². The van der Waals surface area contributed by atoms with E-state index in [0.717, 1.165) is 15.7 Å². The third kappa shape index (κ3) is 4.36. The summed E-state index contributed by atoms with van der Waals surface area (Å²) in [6.45, 7) is 3.05. The fourth-order valence-corrected chi connectivity index (χ4v) is 1.78. The van der Waals surface area contributed by atoms with Crippen molar-refractivity contribution in [2.75, 3.05) is 32.6 Å². The molecule has 0 bridgehead atoms. The van der Waals surface area contributed by atoms with Gasteiger partial charge in [0.15, 0.2) is 0 Å². The monoisotopic (exact) mass is 300 g/mol. The number of likely N-dealkylation sites (N-methyl/N-ethyl adjacent to an activating group) is 1. The molecule has 0 atom stereocenters. The van der Waals surface area contributed by atoms with Crippen LogP contribution < -0.4 is 5.32 Å². The minimum Gasteiger partial charge on any atom is -0.383 e. The third-order valence-electron chi connectivity index (χ3n) is 2.41. The normalized spacial score (nSPS) is 10.1. The first-order valence-electron chi connectivity index (χ1n) is 5.32. The topological polar surface area (TPSA) is 41.6 Å². The number of hydrogen-bond acceptors (Lipinski definition) is 2. The molecule has 0 saturated heterocycles. The zero-order valence-electron chi connectivity index (χ0n) is 10.3. The summed E-state index contributed by atoms with van der Waals surface area (Å²) in [6.07, 6.45) is 0. The Balaban J connectivity index is 2.61. The van der Waals surface area contributed by atoms with Gasteiger partial charge < -0.3 is 15.0 Å². The second kappa shape index (κ2) is 6.61. The van der Waals surface area contributed by atoms with Gasteiger partial charge in [-0.25, -0.2) is 4.79 Å². The summed E-state index contributed by atoms with van der Waals surface area (Å²) in [4.78, 5) is 13.4. The van der Waals surface area contributed by atoms with Crippen LogP contribution in [0.1, 0.15) is 5.56 Å². The summed E-state index contributed by atoms with van der Waals surface area (Å²) < 4.78 is 5.93. The Hall–Kier alpha value is -1.07. The van der Waals surface area contributed by atoms with Gasteiger partial charge in [-0.15, -0.1) is 0 Å². The summed E-state index contributed by atoms with van der Waals surface area (Å²) in [5.41, 5.74) is 1.84. The van der Waals surface area contributed by atoms with E-state index >= 15 is 0 Å². The number of aryl methyl sites for hydroxylation is 1. The molecule has 5 heteroatoms. The standard InChI is InChI=1S/C12H17BrN2O2/c1-9-8-10(13)4-5-11(9)14-12(16)15(2)6-7-17-3/h4-5,8H,6-7H2,1-3H3,(H,14,16). The van der Waals surface area contributed by atoms with Crippen molar-refractivity contribution in [3.8, 4) is 0 Å². The lowest BCUT2D eigenvalue weighted by molar-refractivity contribution is 0.165. The first-order valence-corrected chi connectivity index (χ1v) is 6.11. The van der Waals surface area contributed by atoms with E-state index in [9.17, 15) is 4.79 Å². The van der Waals surface area contributed by atoms with Crippen LogP contribution in [0.2, 0.25) is 0 Å². The summed E-state index contributed by atoms with van der Waals surface area (Å²) in [6, 6.07) is 5.61. The second-order valence-corrected chi connectivity index (χ2v) is 4.72. The number of halogens is 1. The predicted octanol–water partition coefficient (Wildman–Crippen LogP) is 2.87. The zero-order chi connectivity index (χ0) is 12.8. The Labute approximate surface area is 110 Å². The number of rotatable bonds is 4. The molecule has 0 spiro atoms. The van der Waals surface area contributed by atoms with Crippen molar-refractivity contribution in [1.82, 2.24) is 4.90 Å². The van der Waals surface area contributed by atoms with Crippen molar-refractivity contribution in [2.24, 2.45) is 0 Å². The molecule has 94 valence electrons. The molecule has 1 rings (SSSR count). The Bertz CT molecular complexity index is 396. The molecule has 0 aromatic heterocycles. The van der Waals surface area contributed by atoms with E-state index in [4.69, 9.17) is 4.74 Å². The molecular weight excluding hydrogens is 284 g/mol. The molecule has 0 saturated carbocycles. The number of nitrogens with one attached hydrogen (secondary N) is 1. The van der Waals surface area contributed by atoms with Crippen LogP contribution in [0, 0.1) is 6.92 Å². The Morgan fingerprint density at radius 3 is 2.82 bits per heavy atom. The summed E-state index contributed by atoms with van der Waals surface area (Å²) in [5.74, 6) is 0. The Kier molecular flexibility index (Phi) is 5.44. The van der Waals surface area contributed by atoms with Gasteiger partial charge in [0.2, 0.25) is 0 Å². The van der Waals surface area contributed by atoms with Crippen LogP contribution in [0.3, 0.4) is 0 Å². The van der Waals surface area contributed by atoms with Crippen molar-refractivity contribution in [1.29, 1.82) is 0 Å². The number of methoxy groups -OCH3 is 1. The average Bonchev–Trinajstić information content (AvgIpc) is 2.29. The number of anilines is 1. The molecule has 0 aliphatic rings. The first-order chi connectivity index (χ1) is 8.04. The highest BCUT2D eigenvalue weighted by molar-refractivity contribution is 9.10. The van der Waals surface area contributed by atoms with Gasteiger partial charge in [-0.2, -0.15) is 0 Å². The van der Waals surface area contributed by atoms with Crippen LogP contribution in [0.15, 0.2) is 22.7 Å². The maximum atomic E-state index is 11.8. The fourth-order valence-electron chi connectivity index (χ4n) is 1.31. The van der Waals surface area contributed by atoms with Gasteiger partial charge in [0.25, 0.3) is 0 Å². The molecule has 0 radical (unpaired) electrons. The molecule has 0 aliphatic heterocycles. The van der Waals surface area contributed by atoms with Crippen LogP contribution in [-0.4, -0.2) is 38.2 Å². The van der Waals surface area contributed by atoms with Crippen molar-refractivity contribution in [3.63, 3.8) is 0 Å². The zero-order valence-corrected chi connectivity index (χ0v) is 11.9. The highest BCUT2D eigenvalue weighted by Crippen LogP contribution is 2.20. The SMILES string of the molecule is COCCN(C)C(=O)Nc1ccc(Br)cc1C. The highest BCUT2D eigenvalue weighted by atomic mass is 79.9. The Morgan fingerprint density at radius 2 is 2.24 bits per heavy atom. The number of amides is 2. The molecule has 1 N–H and O–H groups in total. The number of nitrogens with zero attached hydrogens (tertiary/aromatic N) is 1. The van der Waals surface area contributed by atoms with Crippen LogP contribution in [0.4, 0.5) is 10.5 Å². The molecule has 1 aromatic rings. The smallest absolute Gasteiger partial charge is 0.321 e. The van der Waals surface area contributed by atoms with Gasteiger partial charge >= 0.3 is 6.03 Å². The van der Waals surface area contributed by atoms with E-state index in [1.54, 1.807) is 19.1 Å². The van der Waals surface area contributed by atoms with Crippen LogP contribution in [-0.2, 0) is 4.74 Å². The number of carbonyl (C=O) groups is 1. The van der Waals surface area contributed by atoms with E-state index in [0.29, 0.717) is 13.2 Å². The lowest BCUT2D eigenvalue weighted by Gasteiger charge is -2.18. The molecule has 0 unspecified atom stereocenters. The van der Waals surface area contributed by atoms with E-state index in [1.807, 2.05) is 25.1 Å². The molecule has 17 heavy (non-hydrogen) atoms. The summed E-state index contributed by atoms with van der Waals surface area (Å²) in [5, 5.41) is 2.86. The molecule has 1 aromatic carbocycles. The largest absolute Gasteiger partial charge is 0.383 e. The van der Waals surface area contributed by atoms with Crippen LogP contribution in [0.5, 0.6) is 0 Å². The van der Waals surface area contributed by atoms with Crippen LogP contribution >= 0.6 is 15.9 Å².